The van der Waals surface area contributed by atoms with Crippen molar-refractivity contribution in [3.8, 4) is 5.75 Å². The van der Waals surface area contributed by atoms with Crippen LogP contribution in [0.1, 0.15) is 34.0 Å². The van der Waals surface area contributed by atoms with Gasteiger partial charge in [-0.05, 0) is 50.5 Å². The van der Waals surface area contributed by atoms with Gasteiger partial charge in [-0.1, -0.05) is 6.07 Å². The van der Waals surface area contributed by atoms with E-state index in [0.29, 0.717) is 32.9 Å². The summed E-state index contributed by atoms with van der Waals surface area (Å²) in [5.74, 6) is 1.07. The molecule has 1 N–H and O–H groups in total. The number of hydrogen-bond acceptors (Lipinski definition) is 7. The van der Waals surface area contributed by atoms with Crippen molar-refractivity contribution < 1.29 is 20.5 Å². The van der Waals surface area contributed by atoms with Crippen LogP contribution in [-0.4, -0.2) is 72.4 Å². The van der Waals surface area contributed by atoms with E-state index in [1.807, 2.05) is 30.0 Å². The third-order valence-corrected chi connectivity index (χ3v) is 5.71. The van der Waals surface area contributed by atoms with Crippen LogP contribution in [-0.2, 0) is 11.3 Å². The molecule has 1 aliphatic rings. The number of methoxy groups -OCH3 is 2. The summed E-state index contributed by atoms with van der Waals surface area (Å²) in [6, 6.07) is 7.22. The van der Waals surface area contributed by atoms with E-state index in [2.05, 4.69) is 10.1 Å². The molecule has 0 amide bonds. The highest BCUT2D eigenvalue weighted by atomic mass is 16.5. The summed E-state index contributed by atoms with van der Waals surface area (Å²) in [6.07, 6.45) is -2.67. The fourth-order valence-corrected chi connectivity index (χ4v) is 3.71. The quantitative estimate of drug-likeness (QED) is 0.598. The summed E-state index contributed by atoms with van der Waals surface area (Å²) < 4.78 is 82.8. The lowest BCUT2D eigenvalue weighted by molar-refractivity contribution is -0.0341. The van der Waals surface area contributed by atoms with Gasteiger partial charge in [-0.15, -0.1) is 0 Å². The number of nitrogens with zero attached hydrogens (tertiary/aromatic N) is 5. The Morgan fingerprint density at radius 1 is 1.41 bits per heavy atom. The molecule has 172 valence electrons. The van der Waals surface area contributed by atoms with Gasteiger partial charge < -0.3 is 19.7 Å². The number of aromatic nitrogens is 3. The average molecular weight is 447 g/mol. The molecule has 1 aliphatic heterocycles. The standard InChI is InChI=1S/C24H34N6O2/c1-17-7-8-19(31-5)13-20(17)28(4)23-22-18(9-11-30(22)27-16-26-23)14-29-12-10-24(2,25-3)21(15-29)32-6/h7-9,11,13,16,21,25H,10,12,14-15H2,1-6H3/t21-,24-/m1/s1/i10D2,12D2,15D2,21D/hD. The number of nitrogens with one attached hydrogen (secondary N) is 1. The molecule has 4 rings (SSSR count). The van der Waals surface area contributed by atoms with E-state index >= 15 is 0 Å². The number of ether oxygens (including phenoxy) is 2. The van der Waals surface area contributed by atoms with Crippen LogP contribution in [0.3, 0.4) is 0 Å². The molecule has 1 fully saturated rings. The second-order valence-electron chi connectivity index (χ2n) is 7.69. The average Bonchev–Trinajstić information content (AvgIpc) is 3.32. The number of anilines is 2. The van der Waals surface area contributed by atoms with Gasteiger partial charge in [-0.25, -0.2) is 9.50 Å². The summed E-state index contributed by atoms with van der Waals surface area (Å²) in [6.45, 7) is -3.28. The lowest BCUT2D eigenvalue weighted by atomic mass is 9.86. The molecule has 0 radical (unpaired) electrons. The van der Waals surface area contributed by atoms with Crippen LogP contribution < -0.4 is 14.9 Å². The third-order valence-electron chi connectivity index (χ3n) is 5.71. The van der Waals surface area contributed by atoms with Crippen LogP contribution >= 0.6 is 0 Å². The highest BCUT2D eigenvalue weighted by Gasteiger charge is 2.38. The highest BCUT2D eigenvalue weighted by molar-refractivity contribution is 5.79. The molecule has 0 unspecified atom stereocenters. The molecule has 0 saturated carbocycles. The van der Waals surface area contributed by atoms with Crippen molar-refractivity contribution in [3.63, 3.8) is 0 Å². The van der Waals surface area contributed by atoms with E-state index in [4.69, 9.17) is 20.5 Å². The number of benzene rings is 1. The summed E-state index contributed by atoms with van der Waals surface area (Å²) >= 11 is 0. The minimum absolute atomic E-state index is 0.396. The molecular weight excluding hydrogens is 404 g/mol. The zero-order valence-corrected chi connectivity index (χ0v) is 19.2. The molecule has 0 aliphatic carbocycles. The zero-order chi connectivity index (χ0) is 30.1. The van der Waals surface area contributed by atoms with Gasteiger partial charge in [-0.3, -0.25) is 4.90 Å². The second-order valence-corrected chi connectivity index (χ2v) is 7.69. The predicted molar refractivity (Wildman–Crippen MR) is 127 cm³/mol. The number of aryl methyl sites for hydroxylation is 1. The smallest absolute Gasteiger partial charge is 0.161 e. The summed E-state index contributed by atoms with van der Waals surface area (Å²) in [4.78, 5) is 6.95. The lowest BCUT2D eigenvalue weighted by Crippen LogP contribution is -2.60. The molecule has 2 aromatic heterocycles. The molecule has 0 spiro atoms. The SMILES string of the molecule is [2H]N(C)[C@]1(C)C([2H])([2H])C([2H])([2H])N(Cc2ccn3ncnc(N(C)c4cc(OC)ccc4C)c23)C([2H])([2H])[C@@]1([2H])OC. The van der Waals surface area contributed by atoms with Gasteiger partial charge in [0, 0.05) is 65.4 Å². The highest BCUT2D eigenvalue weighted by Crippen LogP contribution is 2.33. The zero-order valence-electron chi connectivity index (χ0n) is 27.2. The number of hydrogen-bond donors (Lipinski definition) is 1. The molecule has 3 aromatic rings. The van der Waals surface area contributed by atoms with Crippen LogP contribution in [0.2, 0.25) is 1.41 Å². The minimum Gasteiger partial charge on any atom is -0.497 e. The molecule has 2 atom stereocenters. The van der Waals surface area contributed by atoms with Gasteiger partial charge in [0.15, 0.2) is 5.82 Å². The van der Waals surface area contributed by atoms with E-state index in [0.717, 1.165) is 32.3 Å². The van der Waals surface area contributed by atoms with E-state index in [9.17, 15) is 0 Å². The van der Waals surface area contributed by atoms with Crippen LogP contribution in [0.15, 0.2) is 36.8 Å². The van der Waals surface area contributed by atoms with Gasteiger partial charge in [0.1, 0.15) is 19.0 Å². The number of fused-ring (bicyclic) bond motifs is 1. The number of likely N-dealkylation sites (N-methyl/N-ethyl adjacent to an activating group) is 1. The summed E-state index contributed by atoms with van der Waals surface area (Å²) in [5, 5.41) is 4.83. The molecule has 1 saturated heterocycles. The number of rotatable bonds is 7. The monoisotopic (exact) mass is 446 g/mol. The molecule has 8 heteroatoms. The van der Waals surface area contributed by atoms with Crippen molar-refractivity contribution in [3.05, 3.63) is 47.9 Å². The van der Waals surface area contributed by atoms with Crippen molar-refractivity contribution in [2.45, 2.75) is 38.4 Å². The van der Waals surface area contributed by atoms with Gasteiger partial charge in [-0.2, -0.15) is 5.10 Å². The molecule has 32 heavy (non-hydrogen) atoms. The Morgan fingerprint density at radius 3 is 2.94 bits per heavy atom. The maximum absolute atomic E-state index is 9.04. The molecule has 1 aromatic carbocycles. The van der Waals surface area contributed by atoms with Gasteiger partial charge in [0.25, 0.3) is 0 Å². The van der Waals surface area contributed by atoms with Crippen molar-refractivity contribution in [1.29, 1.82) is 0 Å². The number of piperidine rings is 1. The van der Waals surface area contributed by atoms with Crippen LogP contribution in [0.4, 0.5) is 11.5 Å². The van der Waals surface area contributed by atoms with E-state index < -0.39 is 37.5 Å². The fourth-order valence-electron chi connectivity index (χ4n) is 3.71. The van der Waals surface area contributed by atoms with Crippen molar-refractivity contribution in [2.75, 3.05) is 46.2 Å². The second kappa shape index (κ2) is 9.05. The topological polar surface area (TPSA) is 67.2 Å². The van der Waals surface area contributed by atoms with E-state index in [-0.39, 0.29) is 0 Å². The molecular formula is C24H34N6O2. The Hall–Kier alpha value is -2.68. The largest absolute Gasteiger partial charge is 0.497 e. The Kier molecular flexibility index (Phi) is 4.09. The van der Waals surface area contributed by atoms with Crippen LogP contribution in [0.5, 0.6) is 5.75 Å². The minimum atomic E-state index is -2.98. The maximum Gasteiger partial charge on any atom is 0.161 e. The summed E-state index contributed by atoms with van der Waals surface area (Å²) in [7, 11) is 5.59. The Balaban J connectivity index is 1.89. The Morgan fingerprint density at radius 2 is 2.22 bits per heavy atom. The first kappa shape index (κ1) is 14.5. The van der Waals surface area contributed by atoms with Crippen molar-refractivity contribution >= 4 is 17.0 Å². The third kappa shape index (κ3) is 4.05. The number of likely N-dealkylation sites (tertiary alicyclic amines) is 1. The molecule has 3 heterocycles. The van der Waals surface area contributed by atoms with Crippen LogP contribution in [0, 0.1) is 6.92 Å². The predicted octanol–water partition coefficient (Wildman–Crippen LogP) is 3.01. The molecule has 0 bridgehead atoms. The lowest BCUT2D eigenvalue weighted by Gasteiger charge is -2.45. The summed E-state index contributed by atoms with van der Waals surface area (Å²) in [5.41, 5.74) is 0.208. The first-order valence-electron chi connectivity index (χ1n) is 14.1. The fraction of sp³-hybridized carbons (Fsp3) is 0.500. The van der Waals surface area contributed by atoms with Gasteiger partial charge in [0.2, 0.25) is 0 Å². The van der Waals surface area contributed by atoms with E-state index in [1.54, 1.807) is 26.4 Å². The maximum atomic E-state index is 9.04. The Labute approximate surface area is 201 Å². The van der Waals surface area contributed by atoms with Crippen molar-refractivity contribution in [2.24, 2.45) is 0 Å². The Bertz CT molecular complexity index is 1420. The molecule has 8 nitrogen and oxygen atoms in total. The van der Waals surface area contributed by atoms with Crippen molar-refractivity contribution in [1.82, 2.24) is 24.8 Å². The van der Waals surface area contributed by atoms with Gasteiger partial charge >= 0.3 is 0 Å². The first-order chi connectivity index (χ1) is 18.4. The first-order valence-corrected chi connectivity index (χ1v) is 10.2. The normalized spacial score (nSPS) is 32.6. The van der Waals surface area contributed by atoms with Crippen LogP contribution in [0.25, 0.3) is 5.52 Å². The van der Waals surface area contributed by atoms with Gasteiger partial charge in [0.05, 0.1) is 14.6 Å². The van der Waals surface area contributed by atoms with E-state index in [1.165, 1.54) is 10.8 Å².